The zero-order chi connectivity index (χ0) is 24.4. The van der Waals surface area contributed by atoms with Gasteiger partial charge in [-0.15, -0.1) is 10.2 Å². The summed E-state index contributed by atoms with van der Waals surface area (Å²) in [5.41, 5.74) is 1.30. The maximum atomic E-state index is 13.6. The molecule has 5 rings (SSSR count). The van der Waals surface area contributed by atoms with Gasteiger partial charge >= 0.3 is 0 Å². The van der Waals surface area contributed by atoms with E-state index in [2.05, 4.69) is 24.0 Å². The fraction of sp³-hybridized carbons (Fsp3) is 0.333. The molecule has 3 heterocycles. The van der Waals surface area contributed by atoms with E-state index in [0.29, 0.717) is 28.3 Å². The molecule has 0 spiro atoms. The Balaban J connectivity index is 1.59. The van der Waals surface area contributed by atoms with E-state index < -0.39 is 6.04 Å². The van der Waals surface area contributed by atoms with Gasteiger partial charge in [-0.05, 0) is 42.7 Å². The molecule has 1 aliphatic heterocycles. The molecule has 0 saturated heterocycles. The van der Waals surface area contributed by atoms with Gasteiger partial charge in [-0.1, -0.05) is 62.3 Å². The second-order valence-corrected chi connectivity index (χ2v) is 9.64. The Kier molecular flexibility index (Phi) is 6.63. The first-order chi connectivity index (χ1) is 17.1. The van der Waals surface area contributed by atoms with Gasteiger partial charge in [0.2, 0.25) is 10.9 Å². The summed E-state index contributed by atoms with van der Waals surface area (Å²) < 4.78 is 11.9. The summed E-state index contributed by atoms with van der Waals surface area (Å²) in [4.78, 5) is 28.8. The number of anilines is 1. The molecule has 1 amide bonds. The van der Waals surface area contributed by atoms with Gasteiger partial charge in [-0.25, -0.2) is 0 Å². The standard InChI is InChI=1S/C27H27N3O4S/c1-3-5-8-16-33-18-14-12-17(13-15-18)23-22-24(31)19-10-6-7-11-20(19)34-25(22)26(32)30(23)27-29-28-21(35-27)9-4-2/h6-7,10-15,23H,3-5,8-9,16H2,1-2H3. The monoisotopic (exact) mass is 489 g/mol. The highest BCUT2D eigenvalue weighted by atomic mass is 32.1. The summed E-state index contributed by atoms with van der Waals surface area (Å²) in [5.74, 6) is 0.436. The highest BCUT2D eigenvalue weighted by Crippen LogP contribution is 2.42. The number of fused-ring (bicyclic) bond motifs is 2. The largest absolute Gasteiger partial charge is 0.494 e. The summed E-state index contributed by atoms with van der Waals surface area (Å²) in [6.07, 6.45) is 4.97. The van der Waals surface area contributed by atoms with Gasteiger partial charge in [-0.3, -0.25) is 14.5 Å². The molecule has 7 nitrogen and oxygen atoms in total. The van der Waals surface area contributed by atoms with Crippen LogP contribution < -0.4 is 15.1 Å². The first kappa shape index (κ1) is 23.2. The van der Waals surface area contributed by atoms with Crippen molar-refractivity contribution in [3.05, 3.63) is 80.6 Å². The highest BCUT2D eigenvalue weighted by Gasteiger charge is 2.45. The van der Waals surface area contributed by atoms with Crippen molar-refractivity contribution in [3.63, 3.8) is 0 Å². The molecule has 2 aromatic carbocycles. The molecule has 0 aliphatic carbocycles. The molecule has 0 saturated carbocycles. The normalized spacial score (nSPS) is 15.1. The van der Waals surface area contributed by atoms with Crippen LogP contribution in [-0.4, -0.2) is 22.7 Å². The number of unbranched alkanes of at least 4 members (excludes halogenated alkanes) is 2. The summed E-state index contributed by atoms with van der Waals surface area (Å²) >= 11 is 1.37. The van der Waals surface area contributed by atoms with Crippen molar-refractivity contribution in [2.75, 3.05) is 11.5 Å². The van der Waals surface area contributed by atoms with Crippen LogP contribution in [0, 0.1) is 0 Å². The number of aryl methyl sites for hydroxylation is 1. The fourth-order valence-corrected chi connectivity index (χ4v) is 5.34. The highest BCUT2D eigenvalue weighted by molar-refractivity contribution is 7.15. The van der Waals surface area contributed by atoms with Gasteiger partial charge in [0.25, 0.3) is 5.91 Å². The number of nitrogens with zero attached hydrogens (tertiary/aromatic N) is 3. The van der Waals surface area contributed by atoms with Crippen molar-refractivity contribution >= 4 is 33.3 Å². The fourth-order valence-electron chi connectivity index (χ4n) is 4.38. The van der Waals surface area contributed by atoms with Crippen molar-refractivity contribution in [2.24, 2.45) is 0 Å². The molecule has 180 valence electrons. The van der Waals surface area contributed by atoms with E-state index >= 15 is 0 Å². The third kappa shape index (κ3) is 4.34. The SMILES string of the molecule is CCCCCOc1ccc(C2c3c(oc4ccccc4c3=O)C(=O)N2c2nnc(CCC)s2)cc1. The summed E-state index contributed by atoms with van der Waals surface area (Å²) in [6.45, 7) is 4.88. The van der Waals surface area contributed by atoms with E-state index in [0.717, 1.165) is 48.4 Å². The second-order valence-electron chi connectivity index (χ2n) is 8.60. The van der Waals surface area contributed by atoms with Crippen LogP contribution in [0.3, 0.4) is 0 Å². The lowest BCUT2D eigenvalue weighted by Crippen LogP contribution is -2.29. The average Bonchev–Trinajstić information content (AvgIpc) is 3.45. The van der Waals surface area contributed by atoms with Crippen LogP contribution in [0.4, 0.5) is 5.13 Å². The van der Waals surface area contributed by atoms with Gasteiger partial charge in [0.1, 0.15) is 16.3 Å². The van der Waals surface area contributed by atoms with Crippen molar-refractivity contribution in [1.29, 1.82) is 0 Å². The Labute approximate surface area is 207 Å². The number of amides is 1. The van der Waals surface area contributed by atoms with Gasteiger partial charge in [0.05, 0.1) is 23.6 Å². The molecule has 8 heteroatoms. The molecule has 0 radical (unpaired) electrons. The van der Waals surface area contributed by atoms with Crippen LogP contribution in [0.15, 0.2) is 57.7 Å². The Bertz CT molecular complexity index is 1410. The number of benzene rings is 2. The molecule has 1 unspecified atom stereocenters. The molecular formula is C27H27N3O4S. The van der Waals surface area contributed by atoms with E-state index in [4.69, 9.17) is 9.15 Å². The Morgan fingerprint density at radius 1 is 1.00 bits per heavy atom. The first-order valence-electron chi connectivity index (χ1n) is 12.1. The topological polar surface area (TPSA) is 85.5 Å². The molecular weight excluding hydrogens is 462 g/mol. The number of hydrogen-bond acceptors (Lipinski definition) is 7. The smallest absolute Gasteiger partial charge is 0.297 e. The van der Waals surface area contributed by atoms with E-state index in [1.807, 2.05) is 24.3 Å². The zero-order valence-corrected chi connectivity index (χ0v) is 20.6. The van der Waals surface area contributed by atoms with Gasteiger partial charge < -0.3 is 9.15 Å². The van der Waals surface area contributed by atoms with Crippen molar-refractivity contribution < 1.29 is 13.9 Å². The second kappa shape index (κ2) is 10.00. The minimum Gasteiger partial charge on any atom is -0.494 e. The van der Waals surface area contributed by atoms with Crippen molar-refractivity contribution in [3.8, 4) is 5.75 Å². The predicted molar refractivity (Wildman–Crippen MR) is 137 cm³/mol. The molecule has 0 fully saturated rings. The third-order valence-electron chi connectivity index (χ3n) is 6.12. The number of aromatic nitrogens is 2. The van der Waals surface area contributed by atoms with Crippen LogP contribution in [0.1, 0.15) is 72.3 Å². The molecule has 0 N–H and O–H groups in total. The maximum absolute atomic E-state index is 13.6. The minimum atomic E-state index is -0.657. The van der Waals surface area contributed by atoms with Gasteiger partial charge in [0, 0.05) is 6.42 Å². The summed E-state index contributed by atoms with van der Waals surface area (Å²) in [7, 11) is 0. The van der Waals surface area contributed by atoms with Crippen molar-refractivity contribution in [2.45, 2.75) is 52.0 Å². The number of rotatable bonds is 9. The molecule has 0 bridgehead atoms. The summed E-state index contributed by atoms with van der Waals surface area (Å²) in [6, 6.07) is 13.9. The molecule has 2 aromatic heterocycles. The lowest BCUT2D eigenvalue weighted by Gasteiger charge is -2.22. The Morgan fingerprint density at radius 2 is 1.80 bits per heavy atom. The minimum absolute atomic E-state index is 0.0610. The summed E-state index contributed by atoms with van der Waals surface area (Å²) in [5, 5.41) is 10.3. The number of ether oxygens (including phenoxy) is 1. The average molecular weight is 490 g/mol. The Morgan fingerprint density at radius 3 is 2.57 bits per heavy atom. The lowest BCUT2D eigenvalue weighted by atomic mass is 9.98. The molecule has 1 atom stereocenters. The van der Waals surface area contributed by atoms with Gasteiger partial charge in [-0.2, -0.15) is 0 Å². The third-order valence-corrected chi connectivity index (χ3v) is 7.10. The van der Waals surface area contributed by atoms with E-state index in [1.165, 1.54) is 11.3 Å². The van der Waals surface area contributed by atoms with Crippen molar-refractivity contribution in [1.82, 2.24) is 10.2 Å². The van der Waals surface area contributed by atoms with Crippen LogP contribution in [0.5, 0.6) is 5.75 Å². The molecule has 35 heavy (non-hydrogen) atoms. The first-order valence-corrected chi connectivity index (χ1v) is 12.9. The van der Waals surface area contributed by atoms with Gasteiger partial charge in [0.15, 0.2) is 5.43 Å². The number of hydrogen-bond donors (Lipinski definition) is 0. The van der Waals surface area contributed by atoms with Crippen LogP contribution in [0.25, 0.3) is 11.0 Å². The van der Waals surface area contributed by atoms with Crippen LogP contribution in [0.2, 0.25) is 0 Å². The van der Waals surface area contributed by atoms with E-state index in [1.54, 1.807) is 29.2 Å². The van der Waals surface area contributed by atoms with Crippen LogP contribution in [-0.2, 0) is 6.42 Å². The maximum Gasteiger partial charge on any atom is 0.297 e. The molecule has 4 aromatic rings. The van der Waals surface area contributed by atoms with E-state index in [9.17, 15) is 9.59 Å². The predicted octanol–water partition coefficient (Wildman–Crippen LogP) is 5.92. The molecule has 1 aliphatic rings. The quantitative estimate of drug-likeness (QED) is 0.272. The van der Waals surface area contributed by atoms with Crippen LogP contribution >= 0.6 is 11.3 Å². The number of carbonyl (C=O) groups is 1. The van der Waals surface area contributed by atoms with E-state index in [-0.39, 0.29) is 17.1 Å². The number of para-hydroxylation sites is 1. The number of carbonyl (C=O) groups excluding carboxylic acids is 1. The Hall–Kier alpha value is -3.52. The lowest BCUT2D eigenvalue weighted by molar-refractivity contribution is 0.0970. The zero-order valence-electron chi connectivity index (χ0n) is 19.8.